The van der Waals surface area contributed by atoms with Crippen LogP contribution < -0.4 is 4.74 Å². The van der Waals surface area contributed by atoms with E-state index in [0.717, 1.165) is 36.2 Å². The fourth-order valence-electron chi connectivity index (χ4n) is 5.82. The molecule has 0 spiro atoms. The average Bonchev–Trinajstić information content (AvgIpc) is 2.81. The van der Waals surface area contributed by atoms with Gasteiger partial charge in [-0.1, -0.05) is 76.6 Å². The molecule has 1 nitrogen and oxygen atoms in total. The van der Waals surface area contributed by atoms with Crippen LogP contribution in [0.2, 0.25) is 0 Å². The normalized spacial score (nSPS) is 25.8. The molecule has 0 heterocycles. The second-order valence-corrected chi connectivity index (χ2v) is 10.3. The van der Waals surface area contributed by atoms with E-state index in [2.05, 4.69) is 23.5 Å². The Kier molecular flexibility index (Phi) is 10.5. The minimum Gasteiger partial charge on any atom is -0.406 e. The molecule has 0 bridgehead atoms. The molecule has 1 aromatic carbocycles. The molecule has 2 aliphatic rings. The van der Waals surface area contributed by atoms with Gasteiger partial charge in [-0.25, -0.2) is 0 Å². The molecular weight excluding hydrogens is 421 g/mol. The van der Waals surface area contributed by atoms with Crippen molar-refractivity contribution in [2.24, 2.45) is 23.7 Å². The lowest BCUT2D eigenvalue weighted by molar-refractivity contribution is -0.274. The van der Waals surface area contributed by atoms with Crippen molar-refractivity contribution in [1.82, 2.24) is 0 Å². The Hall–Kier alpha value is -1.63. The summed E-state index contributed by atoms with van der Waals surface area (Å²) in [6.07, 6.45) is 15.8. The lowest BCUT2D eigenvalue weighted by atomic mass is 9.69. The van der Waals surface area contributed by atoms with Gasteiger partial charge < -0.3 is 4.74 Å². The summed E-state index contributed by atoms with van der Waals surface area (Å²) in [6.45, 7) is 2.28. The Bertz CT molecular complexity index is 727. The third-order valence-corrected chi connectivity index (χ3v) is 7.80. The van der Waals surface area contributed by atoms with Crippen LogP contribution >= 0.6 is 0 Å². The minimum atomic E-state index is -4.65. The van der Waals surface area contributed by atoms with Crippen molar-refractivity contribution in [3.63, 3.8) is 0 Å². The number of halogens is 3. The molecule has 0 aliphatic heterocycles. The van der Waals surface area contributed by atoms with Crippen LogP contribution in [0.1, 0.15) is 109 Å². The largest absolute Gasteiger partial charge is 0.573 e. The van der Waals surface area contributed by atoms with E-state index < -0.39 is 6.36 Å². The van der Waals surface area contributed by atoms with E-state index >= 15 is 0 Å². The molecule has 2 fully saturated rings. The number of rotatable bonds is 9. The number of ether oxygens (including phenoxy) is 1. The maximum absolute atomic E-state index is 12.3. The number of hydrogen-bond donors (Lipinski definition) is 0. The lowest BCUT2D eigenvalue weighted by Crippen LogP contribution is -2.25. The first-order valence-corrected chi connectivity index (χ1v) is 13.3. The van der Waals surface area contributed by atoms with Gasteiger partial charge in [0.2, 0.25) is 0 Å². The number of benzene rings is 1. The van der Waals surface area contributed by atoms with Crippen LogP contribution in [0.3, 0.4) is 0 Å². The number of unbranched alkanes of at least 4 members (excludes halogenated alkanes) is 5. The highest BCUT2D eigenvalue weighted by atomic mass is 19.4. The van der Waals surface area contributed by atoms with Gasteiger partial charge in [-0.15, -0.1) is 13.2 Å². The Morgan fingerprint density at radius 1 is 0.788 bits per heavy atom. The molecule has 0 radical (unpaired) electrons. The molecule has 33 heavy (non-hydrogen) atoms. The van der Waals surface area contributed by atoms with Crippen molar-refractivity contribution >= 4 is 0 Å². The molecule has 0 aromatic heterocycles. The minimum absolute atomic E-state index is 0.199. The van der Waals surface area contributed by atoms with Crippen LogP contribution in [0.4, 0.5) is 13.2 Å². The summed E-state index contributed by atoms with van der Waals surface area (Å²) in [6, 6.07) is 5.86. The predicted octanol–water partition coefficient (Wildman–Crippen LogP) is 9.30. The van der Waals surface area contributed by atoms with Gasteiger partial charge in [0, 0.05) is 11.5 Å². The molecule has 2 saturated carbocycles. The highest BCUT2D eigenvalue weighted by Gasteiger charge is 2.31. The highest BCUT2D eigenvalue weighted by molar-refractivity contribution is 5.38. The maximum Gasteiger partial charge on any atom is 0.573 e. The van der Waals surface area contributed by atoms with Gasteiger partial charge >= 0.3 is 6.36 Å². The summed E-state index contributed by atoms with van der Waals surface area (Å²) < 4.78 is 40.7. The molecule has 0 saturated heterocycles. The van der Waals surface area contributed by atoms with E-state index in [0.29, 0.717) is 5.92 Å². The van der Waals surface area contributed by atoms with Crippen LogP contribution in [-0.2, 0) is 0 Å². The molecule has 3 rings (SSSR count). The van der Waals surface area contributed by atoms with Gasteiger partial charge in [-0.2, -0.15) is 0 Å². The zero-order valence-electron chi connectivity index (χ0n) is 20.3. The third kappa shape index (κ3) is 9.63. The monoisotopic (exact) mass is 462 g/mol. The standard InChI is InChI=1S/C29H41F3O/c1-2-3-4-5-6-7-8-23-11-17-26(18-12-23)27-19-13-24(14-20-27)9-10-25-15-21-28(22-16-25)33-29(30,31)32/h15-16,21-24,26-27H,2-8,11-14,17-20H2,1H3/t23-,24?,26-,27?. The maximum atomic E-state index is 12.3. The van der Waals surface area contributed by atoms with Gasteiger partial charge in [0.05, 0.1) is 0 Å². The Morgan fingerprint density at radius 3 is 1.97 bits per heavy atom. The van der Waals surface area contributed by atoms with Crippen molar-refractivity contribution < 1.29 is 17.9 Å². The smallest absolute Gasteiger partial charge is 0.406 e. The van der Waals surface area contributed by atoms with Gasteiger partial charge in [0.15, 0.2) is 0 Å². The second kappa shape index (κ2) is 13.3. The van der Waals surface area contributed by atoms with Crippen LogP contribution in [0, 0.1) is 35.5 Å². The van der Waals surface area contributed by atoms with Crippen LogP contribution in [0.5, 0.6) is 5.75 Å². The first-order valence-electron chi connectivity index (χ1n) is 13.3. The summed E-state index contributed by atoms with van der Waals surface area (Å²) in [5.41, 5.74) is 0.746. The molecule has 2 aliphatic carbocycles. The SMILES string of the molecule is CCCCCCCC[C@H]1CC[C@H](C2CCC(C#Cc3ccc(OC(F)(F)F)cc3)CC2)CC1. The van der Waals surface area contributed by atoms with E-state index in [1.54, 1.807) is 12.1 Å². The number of alkyl halides is 3. The summed E-state index contributed by atoms with van der Waals surface area (Å²) in [7, 11) is 0. The van der Waals surface area contributed by atoms with Crippen molar-refractivity contribution in [2.45, 2.75) is 110 Å². The van der Waals surface area contributed by atoms with Crippen LogP contribution in [0.15, 0.2) is 24.3 Å². The van der Waals surface area contributed by atoms with Crippen molar-refractivity contribution in [3.05, 3.63) is 29.8 Å². The van der Waals surface area contributed by atoms with E-state index in [9.17, 15) is 13.2 Å². The quantitative estimate of drug-likeness (QED) is 0.262. The summed E-state index contributed by atoms with van der Waals surface area (Å²) >= 11 is 0. The molecule has 0 unspecified atom stereocenters. The Labute approximate surface area is 198 Å². The fraction of sp³-hybridized carbons (Fsp3) is 0.724. The Morgan fingerprint density at radius 2 is 1.36 bits per heavy atom. The average molecular weight is 463 g/mol. The van der Waals surface area contributed by atoms with E-state index in [1.165, 1.54) is 95.6 Å². The zero-order chi connectivity index (χ0) is 23.5. The molecule has 184 valence electrons. The first-order chi connectivity index (χ1) is 15.9. The molecule has 4 heteroatoms. The van der Waals surface area contributed by atoms with Crippen molar-refractivity contribution in [2.75, 3.05) is 0 Å². The van der Waals surface area contributed by atoms with Gasteiger partial charge in [-0.3, -0.25) is 0 Å². The highest BCUT2D eigenvalue weighted by Crippen LogP contribution is 2.42. The fourth-order valence-corrected chi connectivity index (χ4v) is 5.82. The van der Waals surface area contributed by atoms with E-state index in [-0.39, 0.29) is 5.75 Å². The lowest BCUT2D eigenvalue weighted by Gasteiger charge is -2.37. The zero-order valence-corrected chi connectivity index (χ0v) is 20.3. The van der Waals surface area contributed by atoms with Gasteiger partial charge in [-0.05, 0) is 80.5 Å². The van der Waals surface area contributed by atoms with E-state index in [1.807, 2.05) is 0 Å². The molecule has 0 atom stereocenters. The molecule has 0 N–H and O–H groups in total. The molecule has 1 aromatic rings. The van der Waals surface area contributed by atoms with Crippen LogP contribution in [-0.4, -0.2) is 6.36 Å². The first kappa shape index (κ1) is 26.0. The van der Waals surface area contributed by atoms with Crippen LogP contribution in [0.25, 0.3) is 0 Å². The number of hydrogen-bond acceptors (Lipinski definition) is 1. The summed E-state index contributed by atoms with van der Waals surface area (Å²) in [5, 5.41) is 0. The van der Waals surface area contributed by atoms with Crippen molar-refractivity contribution in [1.29, 1.82) is 0 Å². The topological polar surface area (TPSA) is 9.23 Å². The summed E-state index contributed by atoms with van der Waals surface area (Å²) in [5.74, 6) is 9.50. The summed E-state index contributed by atoms with van der Waals surface area (Å²) in [4.78, 5) is 0. The molecule has 0 amide bonds. The van der Waals surface area contributed by atoms with E-state index in [4.69, 9.17) is 0 Å². The van der Waals surface area contributed by atoms with Crippen molar-refractivity contribution in [3.8, 4) is 17.6 Å². The van der Waals surface area contributed by atoms with Gasteiger partial charge in [0.1, 0.15) is 5.75 Å². The second-order valence-electron chi connectivity index (χ2n) is 10.3. The predicted molar refractivity (Wildman–Crippen MR) is 129 cm³/mol. The Balaban J connectivity index is 1.32. The third-order valence-electron chi connectivity index (χ3n) is 7.80. The van der Waals surface area contributed by atoms with Gasteiger partial charge in [0.25, 0.3) is 0 Å². The molecular formula is C29H41F3O.